The van der Waals surface area contributed by atoms with Crippen LogP contribution < -0.4 is 9.64 Å². The normalized spacial score (nSPS) is 13.1. The molecule has 0 N–H and O–H groups in total. The second kappa shape index (κ2) is 11.1. The lowest BCUT2D eigenvalue weighted by Crippen LogP contribution is -2.29. The summed E-state index contributed by atoms with van der Waals surface area (Å²) < 4.78 is 5.82. The maximum absolute atomic E-state index is 12.1. The summed E-state index contributed by atoms with van der Waals surface area (Å²) >= 11 is 0. The van der Waals surface area contributed by atoms with Gasteiger partial charge in [-0.15, -0.1) is 0 Å². The van der Waals surface area contributed by atoms with E-state index in [0.717, 1.165) is 36.1 Å². The Hall–Kier alpha value is -4.25. The highest BCUT2D eigenvalue weighted by Gasteiger charge is 2.24. The van der Waals surface area contributed by atoms with Crippen LogP contribution in [0.2, 0.25) is 0 Å². The van der Waals surface area contributed by atoms with Crippen molar-refractivity contribution in [1.82, 2.24) is 0 Å². The summed E-state index contributed by atoms with van der Waals surface area (Å²) in [6.45, 7) is 0.613. The monoisotopic (exact) mass is 451 g/mol. The quantitative estimate of drug-likeness (QED) is 0.179. The molecule has 0 radical (unpaired) electrons. The Morgan fingerprint density at radius 3 is 2.15 bits per heavy atom. The topological polar surface area (TPSA) is 63.7 Å². The van der Waals surface area contributed by atoms with E-state index in [4.69, 9.17) is 4.74 Å². The van der Waals surface area contributed by atoms with Crippen LogP contribution in [-0.2, 0) is 16.0 Å². The molecule has 0 fully saturated rings. The van der Waals surface area contributed by atoms with Gasteiger partial charge in [0.2, 0.25) is 0 Å². The Bertz CT molecular complexity index is 1190. The number of carbonyl (C=O) groups excluding carboxylic acids is 3. The van der Waals surface area contributed by atoms with Crippen molar-refractivity contribution >= 4 is 29.4 Å². The molecule has 2 amide bonds. The number of allylic oxidation sites excluding steroid dienone is 1. The van der Waals surface area contributed by atoms with E-state index in [1.807, 2.05) is 54.6 Å². The van der Waals surface area contributed by atoms with Crippen LogP contribution in [0.3, 0.4) is 0 Å². The molecular weight excluding hydrogens is 426 g/mol. The predicted octanol–water partition coefficient (Wildman–Crippen LogP) is 5.41. The maximum atomic E-state index is 12.1. The van der Waals surface area contributed by atoms with Crippen molar-refractivity contribution in [1.29, 1.82) is 0 Å². The minimum atomic E-state index is -0.306. The molecule has 0 saturated carbocycles. The number of anilines is 1. The molecule has 3 aromatic carbocycles. The molecule has 170 valence electrons. The number of ether oxygens (including phenoxy) is 1. The van der Waals surface area contributed by atoms with Crippen LogP contribution in [0.5, 0.6) is 5.75 Å². The van der Waals surface area contributed by atoms with Gasteiger partial charge in [-0.25, -0.2) is 4.90 Å². The van der Waals surface area contributed by atoms with Gasteiger partial charge in [0.25, 0.3) is 11.8 Å². The Labute approximate surface area is 199 Å². The number of amides is 2. The van der Waals surface area contributed by atoms with E-state index >= 15 is 0 Å². The fourth-order valence-corrected chi connectivity index (χ4v) is 3.63. The zero-order valence-corrected chi connectivity index (χ0v) is 18.7. The first-order chi connectivity index (χ1) is 16.6. The first kappa shape index (κ1) is 22.9. The fourth-order valence-electron chi connectivity index (χ4n) is 3.63. The summed E-state index contributed by atoms with van der Waals surface area (Å²) in [7, 11) is 0. The first-order valence-electron chi connectivity index (χ1n) is 11.3. The van der Waals surface area contributed by atoms with Crippen molar-refractivity contribution < 1.29 is 19.1 Å². The Balaban J connectivity index is 1.17. The van der Waals surface area contributed by atoms with Gasteiger partial charge in [0.15, 0.2) is 5.78 Å². The average molecular weight is 452 g/mol. The smallest absolute Gasteiger partial charge is 0.258 e. The number of hydrogen-bond donors (Lipinski definition) is 0. The number of imide groups is 1. The summed E-state index contributed by atoms with van der Waals surface area (Å²) in [6, 6.07) is 24.4. The molecule has 1 aliphatic heterocycles. The molecule has 0 aliphatic carbocycles. The van der Waals surface area contributed by atoms with Gasteiger partial charge in [-0.2, -0.15) is 0 Å². The molecule has 1 aliphatic rings. The Morgan fingerprint density at radius 2 is 1.47 bits per heavy atom. The largest absolute Gasteiger partial charge is 0.494 e. The lowest BCUT2D eigenvalue weighted by Gasteiger charge is -2.14. The van der Waals surface area contributed by atoms with E-state index < -0.39 is 0 Å². The lowest BCUT2D eigenvalue weighted by atomic mass is 10.1. The maximum Gasteiger partial charge on any atom is 0.258 e. The molecule has 5 heteroatoms. The number of carbonyl (C=O) groups is 3. The van der Waals surface area contributed by atoms with Crippen molar-refractivity contribution in [3.05, 3.63) is 114 Å². The third kappa shape index (κ3) is 5.95. The minimum Gasteiger partial charge on any atom is -0.494 e. The van der Waals surface area contributed by atoms with E-state index in [2.05, 4.69) is 0 Å². The molecule has 5 nitrogen and oxygen atoms in total. The highest BCUT2D eigenvalue weighted by atomic mass is 16.5. The van der Waals surface area contributed by atoms with Gasteiger partial charge in [-0.1, -0.05) is 60.7 Å². The van der Waals surface area contributed by atoms with Crippen LogP contribution in [0.4, 0.5) is 5.69 Å². The second-order valence-corrected chi connectivity index (χ2v) is 7.95. The Kier molecular flexibility index (Phi) is 7.45. The van der Waals surface area contributed by atoms with Gasteiger partial charge in [0.1, 0.15) is 5.75 Å². The number of rotatable bonds is 10. The molecular formula is C29H25NO4. The third-order valence-corrected chi connectivity index (χ3v) is 5.50. The molecule has 0 aromatic heterocycles. The third-order valence-electron chi connectivity index (χ3n) is 5.50. The molecule has 3 aromatic rings. The lowest BCUT2D eigenvalue weighted by molar-refractivity contribution is -0.119. The number of hydrogen-bond acceptors (Lipinski definition) is 4. The molecule has 34 heavy (non-hydrogen) atoms. The highest BCUT2D eigenvalue weighted by molar-refractivity contribution is 6.28. The Morgan fingerprint density at radius 1 is 0.794 bits per heavy atom. The van der Waals surface area contributed by atoms with Crippen LogP contribution in [0.25, 0.3) is 6.08 Å². The van der Waals surface area contributed by atoms with E-state index in [-0.39, 0.29) is 17.6 Å². The van der Waals surface area contributed by atoms with Gasteiger partial charge in [-0.05, 0) is 60.7 Å². The summed E-state index contributed by atoms with van der Waals surface area (Å²) in [6.07, 6.45) is 8.71. The molecule has 1 heterocycles. The summed E-state index contributed by atoms with van der Waals surface area (Å²) in [5.74, 6) is 0.161. The van der Waals surface area contributed by atoms with Crippen molar-refractivity contribution in [3.8, 4) is 5.75 Å². The van der Waals surface area contributed by atoms with Crippen LogP contribution in [0.15, 0.2) is 97.1 Å². The van der Waals surface area contributed by atoms with Crippen LogP contribution in [-0.4, -0.2) is 24.2 Å². The van der Waals surface area contributed by atoms with Crippen molar-refractivity contribution in [2.75, 3.05) is 11.5 Å². The van der Waals surface area contributed by atoms with E-state index in [1.54, 1.807) is 36.4 Å². The van der Waals surface area contributed by atoms with E-state index in [9.17, 15) is 14.4 Å². The minimum absolute atomic E-state index is 0.0226. The molecule has 0 saturated heterocycles. The number of benzene rings is 3. The standard InChI is InChI=1S/C29H25NO4/c31-27(24-7-2-1-3-8-24)18-13-23-11-16-26(17-12-23)34-21-5-4-6-22-9-14-25(15-10-22)30-28(32)19-20-29(30)33/h1-3,7-20H,4-6,21H2. The SMILES string of the molecule is O=C(C=Cc1ccc(OCCCCc2ccc(N3C(=O)C=CC3=O)cc2)cc1)c1ccccc1. The molecule has 0 spiro atoms. The van der Waals surface area contributed by atoms with Crippen molar-refractivity contribution in [3.63, 3.8) is 0 Å². The van der Waals surface area contributed by atoms with E-state index in [0.29, 0.717) is 17.9 Å². The first-order valence-corrected chi connectivity index (χ1v) is 11.3. The number of aryl methyl sites for hydroxylation is 1. The molecule has 0 unspecified atom stereocenters. The summed E-state index contributed by atoms with van der Waals surface area (Å²) in [5.41, 5.74) is 3.35. The van der Waals surface area contributed by atoms with Gasteiger partial charge in [0.05, 0.1) is 12.3 Å². The highest BCUT2D eigenvalue weighted by Crippen LogP contribution is 2.20. The molecule has 0 atom stereocenters. The van der Waals surface area contributed by atoms with Crippen molar-refractivity contribution in [2.24, 2.45) is 0 Å². The number of nitrogens with zero attached hydrogens (tertiary/aromatic N) is 1. The molecule has 0 bridgehead atoms. The average Bonchev–Trinajstić information content (AvgIpc) is 3.21. The van der Waals surface area contributed by atoms with E-state index in [1.165, 1.54) is 17.1 Å². The van der Waals surface area contributed by atoms with Gasteiger partial charge in [0, 0.05) is 17.7 Å². The van der Waals surface area contributed by atoms with Gasteiger partial charge in [-0.3, -0.25) is 14.4 Å². The van der Waals surface area contributed by atoms with Crippen molar-refractivity contribution in [2.45, 2.75) is 19.3 Å². The second-order valence-electron chi connectivity index (χ2n) is 7.95. The van der Waals surface area contributed by atoms with Crippen LogP contribution >= 0.6 is 0 Å². The number of unbranched alkanes of at least 4 members (excludes halogenated alkanes) is 1. The summed E-state index contributed by atoms with van der Waals surface area (Å²) in [4.78, 5) is 36.8. The van der Waals surface area contributed by atoms with Crippen LogP contribution in [0, 0.1) is 0 Å². The van der Waals surface area contributed by atoms with Crippen LogP contribution in [0.1, 0.15) is 34.3 Å². The number of ketones is 1. The van der Waals surface area contributed by atoms with Gasteiger partial charge < -0.3 is 4.74 Å². The zero-order valence-electron chi connectivity index (χ0n) is 18.7. The van der Waals surface area contributed by atoms with Gasteiger partial charge >= 0.3 is 0 Å². The molecule has 4 rings (SSSR count). The summed E-state index contributed by atoms with van der Waals surface area (Å²) in [5, 5.41) is 0. The fraction of sp³-hybridized carbons (Fsp3) is 0.138. The predicted molar refractivity (Wildman–Crippen MR) is 133 cm³/mol. The zero-order chi connectivity index (χ0) is 23.8.